The van der Waals surface area contributed by atoms with Crippen molar-refractivity contribution >= 4 is 5.84 Å². The van der Waals surface area contributed by atoms with Crippen LogP contribution in [0.4, 0.5) is 0 Å². The Bertz CT molecular complexity index is 416. The lowest BCUT2D eigenvalue weighted by atomic mass is 10.2. The molecule has 15 heavy (non-hydrogen) atoms. The Balaban J connectivity index is 1.90. The predicted octanol–water partition coefficient (Wildman–Crippen LogP) is 0.0824. The first-order chi connectivity index (χ1) is 7.33. The number of nitrogens with one attached hydrogen (secondary N) is 2. The lowest BCUT2D eigenvalue weighted by molar-refractivity contribution is 0.475. The number of amidine groups is 1. The van der Waals surface area contributed by atoms with Crippen molar-refractivity contribution in [2.45, 2.75) is 12.1 Å². The van der Waals surface area contributed by atoms with Gasteiger partial charge in [-0.25, -0.2) is 0 Å². The molecule has 0 bridgehead atoms. The Morgan fingerprint density at radius 1 is 1.33 bits per heavy atom. The lowest BCUT2D eigenvalue weighted by Gasteiger charge is -2.08. The first-order valence-electron chi connectivity index (χ1n) is 5.17. The predicted molar refractivity (Wildman–Crippen MR) is 58.2 cm³/mol. The number of hydrogen-bond donors (Lipinski definition) is 3. The van der Waals surface area contributed by atoms with Gasteiger partial charge in [0.25, 0.3) is 0 Å². The standard InChI is InChI=1S/C11H13N3O/c15-8-3-1-2-7(4-8)11-13-9-5-12-6-10(9)14-11/h1-4,9-10,12,15H,5-6H2,(H,13,14). The first-order valence-corrected chi connectivity index (χ1v) is 5.17. The highest BCUT2D eigenvalue weighted by molar-refractivity contribution is 6.00. The van der Waals surface area contributed by atoms with Gasteiger partial charge >= 0.3 is 0 Å². The maximum atomic E-state index is 9.38. The summed E-state index contributed by atoms with van der Waals surface area (Å²) in [6.07, 6.45) is 0. The van der Waals surface area contributed by atoms with Gasteiger partial charge in [0.1, 0.15) is 11.6 Å². The molecule has 1 fully saturated rings. The van der Waals surface area contributed by atoms with E-state index in [0.29, 0.717) is 12.1 Å². The van der Waals surface area contributed by atoms with Crippen LogP contribution in [0, 0.1) is 0 Å². The third-order valence-corrected chi connectivity index (χ3v) is 2.92. The summed E-state index contributed by atoms with van der Waals surface area (Å²) in [6.45, 7) is 1.91. The third kappa shape index (κ3) is 1.47. The van der Waals surface area contributed by atoms with E-state index in [1.54, 1.807) is 12.1 Å². The molecule has 0 radical (unpaired) electrons. The molecule has 0 aliphatic carbocycles. The Labute approximate surface area is 88.0 Å². The first kappa shape index (κ1) is 8.73. The van der Waals surface area contributed by atoms with E-state index in [9.17, 15) is 5.11 Å². The number of fused-ring (bicyclic) bond motifs is 1. The average Bonchev–Trinajstić information content (AvgIpc) is 2.76. The zero-order chi connectivity index (χ0) is 10.3. The summed E-state index contributed by atoms with van der Waals surface area (Å²) in [6, 6.07) is 7.97. The Hall–Kier alpha value is -1.55. The molecule has 2 aliphatic heterocycles. The highest BCUT2D eigenvalue weighted by atomic mass is 16.3. The van der Waals surface area contributed by atoms with Crippen LogP contribution in [0.25, 0.3) is 0 Å². The third-order valence-electron chi connectivity index (χ3n) is 2.92. The smallest absolute Gasteiger partial charge is 0.129 e. The summed E-state index contributed by atoms with van der Waals surface area (Å²) in [5, 5.41) is 16.0. The largest absolute Gasteiger partial charge is 0.508 e. The molecule has 1 aromatic rings. The van der Waals surface area contributed by atoms with Gasteiger partial charge in [-0.1, -0.05) is 12.1 Å². The molecule has 2 heterocycles. The molecule has 1 saturated heterocycles. The average molecular weight is 203 g/mol. The molecule has 2 aliphatic rings. The number of hydrogen-bond acceptors (Lipinski definition) is 4. The fourth-order valence-electron chi connectivity index (χ4n) is 2.14. The summed E-state index contributed by atoms with van der Waals surface area (Å²) in [7, 11) is 0. The van der Waals surface area contributed by atoms with Gasteiger partial charge in [-0.05, 0) is 12.1 Å². The van der Waals surface area contributed by atoms with Gasteiger partial charge in [0, 0.05) is 18.7 Å². The minimum absolute atomic E-state index is 0.284. The van der Waals surface area contributed by atoms with Crippen molar-refractivity contribution in [3.8, 4) is 5.75 Å². The van der Waals surface area contributed by atoms with Crippen LogP contribution < -0.4 is 10.6 Å². The number of rotatable bonds is 1. The fourth-order valence-corrected chi connectivity index (χ4v) is 2.14. The number of benzene rings is 1. The summed E-state index contributed by atoms with van der Waals surface area (Å²) in [5.41, 5.74) is 0.962. The summed E-state index contributed by atoms with van der Waals surface area (Å²) in [5.74, 6) is 1.19. The van der Waals surface area contributed by atoms with Crippen molar-refractivity contribution in [2.75, 3.05) is 13.1 Å². The van der Waals surface area contributed by atoms with Crippen LogP contribution in [0.15, 0.2) is 29.3 Å². The van der Waals surface area contributed by atoms with Crippen LogP contribution in [-0.2, 0) is 0 Å². The van der Waals surface area contributed by atoms with Gasteiger partial charge in [-0.3, -0.25) is 4.99 Å². The van der Waals surface area contributed by atoms with Gasteiger partial charge in [0.05, 0.1) is 12.1 Å². The van der Waals surface area contributed by atoms with Crippen molar-refractivity contribution in [1.29, 1.82) is 0 Å². The van der Waals surface area contributed by atoms with Crippen molar-refractivity contribution in [1.82, 2.24) is 10.6 Å². The van der Waals surface area contributed by atoms with Crippen molar-refractivity contribution < 1.29 is 5.11 Å². The molecule has 4 heteroatoms. The number of phenols is 1. The highest BCUT2D eigenvalue weighted by Crippen LogP contribution is 2.17. The second-order valence-corrected chi connectivity index (χ2v) is 4.00. The van der Waals surface area contributed by atoms with Crippen LogP contribution in [0.3, 0.4) is 0 Å². The summed E-state index contributed by atoms with van der Waals surface area (Å²) < 4.78 is 0. The molecule has 0 aromatic heterocycles. The summed E-state index contributed by atoms with van der Waals surface area (Å²) in [4.78, 5) is 4.59. The van der Waals surface area contributed by atoms with Crippen LogP contribution >= 0.6 is 0 Å². The zero-order valence-electron chi connectivity index (χ0n) is 8.27. The quantitative estimate of drug-likeness (QED) is 0.606. The number of nitrogens with zero attached hydrogens (tertiary/aromatic N) is 1. The van der Waals surface area contributed by atoms with E-state index in [2.05, 4.69) is 15.6 Å². The molecule has 0 saturated carbocycles. The Kier molecular flexibility index (Phi) is 1.89. The topological polar surface area (TPSA) is 56.7 Å². The van der Waals surface area contributed by atoms with Gasteiger partial charge in [0.15, 0.2) is 0 Å². The molecular formula is C11H13N3O. The molecule has 4 nitrogen and oxygen atoms in total. The molecule has 2 unspecified atom stereocenters. The Morgan fingerprint density at radius 3 is 3.07 bits per heavy atom. The van der Waals surface area contributed by atoms with Crippen molar-refractivity contribution in [3.05, 3.63) is 29.8 Å². The molecular weight excluding hydrogens is 190 g/mol. The van der Waals surface area contributed by atoms with E-state index >= 15 is 0 Å². The number of aromatic hydroxyl groups is 1. The molecule has 0 spiro atoms. The minimum Gasteiger partial charge on any atom is -0.508 e. The maximum absolute atomic E-state index is 9.38. The van der Waals surface area contributed by atoms with Crippen LogP contribution in [0.1, 0.15) is 5.56 Å². The van der Waals surface area contributed by atoms with Crippen LogP contribution in [-0.4, -0.2) is 36.1 Å². The molecule has 0 amide bonds. The SMILES string of the molecule is Oc1cccc(C2=NC3CNCC3N2)c1. The Morgan fingerprint density at radius 2 is 2.27 bits per heavy atom. The molecule has 1 aromatic carbocycles. The minimum atomic E-state index is 0.284. The number of phenolic OH excluding ortho intramolecular Hbond substituents is 1. The van der Waals surface area contributed by atoms with Gasteiger partial charge in [0.2, 0.25) is 0 Å². The van der Waals surface area contributed by atoms with E-state index in [4.69, 9.17) is 0 Å². The van der Waals surface area contributed by atoms with Gasteiger partial charge < -0.3 is 15.7 Å². The van der Waals surface area contributed by atoms with Crippen LogP contribution in [0.2, 0.25) is 0 Å². The molecule has 2 atom stereocenters. The van der Waals surface area contributed by atoms with Crippen LogP contribution in [0.5, 0.6) is 5.75 Å². The molecule has 78 valence electrons. The van der Waals surface area contributed by atoms with Crippen molar-refractivity contribution in [2.24, 2.45) is 4.99 Å². The second-order valence-electron chi connectivity index (χ2n) is 4.00. The van der Waals surface area contributed by atoms with E-state index in [0.717, 1.165) is 24.5 Å². The van der Waals surface area contributed by atoms with Crippen molar-refractivity contribution in [3.63, 3.8) is 0 Å². The van der Waals surface area contributed by atoms with E-state index in [1.165, 1.54) is 0 Å². The maximum Gasteiger partial charge on any atom is 0.129 e. The monoisotopic (exact) mass is 203 g/mol. The van der Waals surface area contributed by atoms with Gasteiger partial charge in [-0.2, -0.15) is 0 Å². The molecule has 3 rings (SSSR count). The lowest BCUT2D eigenvalue weighted by Crippen LogP contribution is -2.35. The van der Waals surface area contributed by atoms with E-state index in [1.807, 2.05) is 12.1 Å². The number of aliphatic imine (C=N–C) groups is 1. The van der Waals surface area contributed by atoms with Gasteiger partial charge in [-0.15, -0.1) is 0 Å². The van der Waals surface area contributed by atoms with E-state index < -0.39 is 0 Å². The second kappa shape index (κ2) is 3.24. The normalized spacial score (nSPS) is 28.4. The molecule has 3 N–H and O–H groups in total. The summed E-state index contributed by atoms with van der Waals surface area (Å²) >= 11 is 0. The fraction of sp³-hybridized carbons (Fsp3) is 0.364. The van der Waals surface area contributed by atoms with E-state index in [-0.39, 0.29) is 5.75 Å². The highest BCUT2D eigenvalue weighted by Gasteiger charge is 2.32. The zero-order valence-corrected chi connectivity index (χ0v) is 8.27.